The van der Waals surface area contributed by atoms with E-state index in [1.165, 1.54) is 12.8 Å². The maximum absolute atomic E-state index is 10.9. The first kappa shape index (κ1) is 11.3. The molecule has 0 unspecified atom stereocenters. The maximum Gasteiger partial charge on any atom is 0.335 e. The molecule has 2 rings (SSSR count). The first-order valence-electron chi connectivity index (χ1n) is 5.30. The normalized spacial score (nSPS) is 27.3. The Morgan fingerprint density at radius 2 is 1.27 bits per heavy atom. The Hall–Kier alpha value is -0.210. The van der Waals surface area contributed by atoms with Crippen molar-refractivity contribution in [2.24, 2.45) is 0 Å². The summed E-state index contributed by atoms with van der Waals surface area (Å²) in [7, 11) is -3.98. The Balaban J connectivity index is 1.86. The summed E-state index contributed by atoms with van der Waals surface area (Å²) in [6.07, 6.45) is 2.44. The van der Waals surface area contributed by atoms with E-state index in [0.717, 1.165) is 17.4 Å². The lowest BCUT2D eigenvalue weighted by atomic mass is 10.4. The minimum Gasteiger partial charge on any atom is -0.273 e. The van der Waals surface area contributed by atoms with Crippen LogP contribution in [0.5, 0.6) is 0 Å². The van der Waals surface area contributed by atoms with E-state index in [9.17, 15) is 8.42 Å². The molecule has 0 aliphatic carbocycles. The highest BCUT2D eigenvalue weighted by atomic mass is 32.2. The zero-order valence-corrected chi connectivity index (χ0v) is 9.49. The van der Waals surface area contributed by atoms with Crippen LogP contribution in [-0.2, 0) is 10.3 Å². The van der Waals surface area contributed by atoms with Crippen molar-refractivity contribution >= 4 is 10.3 Å². The molecule has 0 aromatic carbocycles. The molecule has 2 saturated heterocycles. The summed E-state index contributed by atoms with van der Waals surface area (Å²) >= 11 is 0. The van der Waals surface area contributed by atoms with Crippen molar-refractivity contribution in [1.29, 1.82) is 0 Å². The predicted octanol–water partition coefficient (Wildman–Crippen LogP) is -0.582. The predicted molar refractivity (Wildman–Crippen MR) is 55.5 cm³/mol. The number of rotatable bonds is 2. The van der Waals surface area contributed by atoms with Gasteiger partial charge < -0.3 is 0 Å². The van der Waals surface area contributed by atoms with Crippen molar-refractivity contribution in [3.63, 3.8) is 0 Å². The molecule has 2 fully saturated rings. The zero-order valence-electron chi connectivity index (χ0n) is 8.67. The van der Waals surface area contributed by atoms with Crippen LogP contribution < -0.4 is 0 Å². The maximum atomic E-state index is 10.9. The van der Waals surface area contributed by atoms with Gasteiger partial charge in [0.2, 0.25) is 0 Å². The average molecular weight is 235 g/mol. The highest BCUT2D eigenvalue weighted by Crippen LogP contribution is 2.14. The number of hydrogen-bond acceptors (Lipinski definition) is 4. The fraction of sp³-hybridized carbons (Fsp3) is 1.00. The van der Waals surface area contributed by atoms with E-state index < -0.39 is 10.3 Å². The summed E-state index contributed by atoms with van der Waals surface area (Å²) in [6.45, 7) is 4.28. The van der Waals surface area contributed by atoms with Crippen LogP contribution in [0.4, 0.5) is 0 Å². The van der Waals surface area contributed by atoms with Crippen LogP contribution >= 0.6 is 0 Å². The molecule has 0 spiro atoms. The molecule has 2 aliphatic heterocycles. The quantitative estimate of drug-likeness (QED) is 0.649. The van der Waals surface area contributed by atoms with Gasteiger partial charge in [-0.2, -0.15) is 12.7 Å². The zero-order chi connectivity index (χ0) is 10.9. The van der Waals surface area contributed by atoms with E-state index in [1.807, 2.05) is 0 Å². The second kappa shape index (κ2) is 4.34. The van der Waals surface area contributed by atoms with Gasteiger partial charge in [0, 0.05) is 39.3 Å². The number of hydrogen-bond donors (Lipinski definition) is 1. The molecule has 0 amide bonds. The summed E-state index contributed by atoms with van der Waals surface area (Å²) in [5.41, 5.74) is 0. The number of piperazine rings is 1. The molecule has 7 heteroatoms. The van der Waals surface area contributed by atoms with Crippen LogP contribution in [0, 0.1) is 0 Å². The smallest absolute Gasteiger partial charge is 0.273 e. The van der Waals surface area contributed by atoms with E-state index in [2.05, 4.69) is 10.0 Å². The summed E-state index contributed by atoms with van der Waals surface area (Å²) in [6, 6.07) is 0. The average Bonchev–Trinajstić information content (AvgIpc) is 2.69. The molecule has 0 saturated carbocycles. The van der Waals surface area contributed by atoms with Crippen molar-refractivity contribution in [2.75, 3.05) is 39.3 Å². The fourth-order valence-electron chi connectivity index (χ4n) is 2.17. The third-order valence-electron chi connectivity index (χ3n) is 3.02. The van der Waals surface area contributed by atoms with Crippen LogP contribution in [0.2, 0.25) is 0 Å². The van der Waals surface area contributed by atoms with Crippen LogP contribution in [0.3, 0.4) is 0 Å². The molecule has 0 atom stereocenters. The lowest BCUT2D eigenvalue weighted by Crippen LogP contribution is -2.53. The summed E-state index contributed by atoms with van der Waals surface area (Å²) < 4.78 is 31.7. The monoisotopic (exact) mass is 235 g/mol. The Kier molecular flexibility index (Phi) is 3.27. The van der Waals surface area contributed by atoms with Crippen molar-refractivity contribution in [3.8, 4) is 0 Å². The third-order valence-corrected chi connectivity index (χ3v) is 4.04. The molecular formula is C8H17N3O3S. The van der Waals surface area contributed by atoms with Crippen LogP contribution in [0.15, 0.2) is 0 Å². The SMILES string of the molecule is O=S(=O)(O)N1CCN(N2CCCC2)CC1. The van der Waals surface area contributed by atoms with Crippen molar-refractivity contribution in [1.82, 2.24) is 14.3 Å². The number of nitrogens with zero attached hydrogens (tertiary/aromatic N) is 3. The Morgan fingerprint density at radius 1 is 0.800 bits per heavy atom. The van der Waals surface area contributed by atoms with Gasteiger partial charge in [0.1, 0.15) is 0 Å². The topological polar surface area (TPSA) is 64.1 Å². The second-order valence-corrected chi connectivity index (χ2v) is 5.40. The Bertz CT molecular complexity index is 305. The van der Waals surface area contributed by atoms with Crippen LogP contribution in [0.1, 0.15) is 12.8 Å². The van der Waals surface area contributed by atoms with Gasteiger partial charge in [0.15, 0.2) is 0 Å². The van der Waals surface area contributed by atoms with E-state index in [1.54, 1.807) is 0 Å². The molecule has 0 radical (unpaired) electrons. The molecule has 6 nitrogen and oxygen atoms in total. The van der Waals surface area contributed by atoms with E-state index >= 15 is 0 Å². The molecule has 2 heterocycles. The molecule has 15 heavy (non-hydrogen) atoms. The molecular weight excluding hydrogens is 218 g/mol. The molecule has 2 aliphatic rings. The van der Waals surface area contributed by atoms with E-state index in [0.29, 0.717) is 26.2 Å². The van der Waals surface area contributed by atoms with Gasteiger partial charge >= 0.3 is 10.3 Å². The van der Waals surface area contributed by atoms with Gasteiger partial charge in [-0.05, 0) is 12.8 Å². The minimum absolute atomic E-state index is 0.384. The lowest BCUT2D eigenvalue weighted by Gasteiger charge is -2.37. The molecule has 88 valence electrons. The highest BCUT2D eigenvalue weighted by Gasteiger charge is 2.28. The van der Waals surface area contributed by atoms with Gasteiger partial charge in [0.05, 0.1) is 0 Å². The summed E-state index contributed by atoms with van der Waals surface area (Å²) in [5, 5.41) is 4.47. The standard InChI is InChI=1S/C8H17N3O3S/c12-15(13,14)11-7-5-10(6-8-11)9-3-1-2-4-9/h1-8H2,(H,12,13,14). The van der Waals surface area contributed by atoms with Gasteiger partial charge in [-0.1, -0.05) is 0 Å². The third kappa shape index (κ3) is 2.67. The Labute approximate surface area is 90.3 Å². The van der Waals surface area contributed by atoms with E-state index in [-0.39, 0.29) is 0 Å². The lowest BCUT2D eigenvalue weighted by molar-refractivity contribution is -0.0274. The molecule has 0 aromatic heterocycles. The van der Waals surface area contributed by atoms with Crippen LogP contribution in [0.25, 0.3) is 0 Å². The first-order chi connectivity index (χ1) is 7.07. The van der Waals surface area contributed by atoms with Crippen LogP contribution in [-0.4, -0.2) is 66.6 Å². The molecule has 0 bridgehead atoms. The molecule has 0 aromatic rings. The highest BCUT2D eigenvalue weighted by molar-refractivity contribution is 7.83. The van der Waals surface area contributed by atoms with Crippen molar-refractivity contribution < 1.29 is 13.0 Å². The summed E-state index contributed by atoms with van der Waals surface area (Å²) in [5.74, 6) is 0. The summed E-state index contributed by atoms with van der Waals surface area (Å²) in [4.78, 5) is 0. The van der Waals surface area contributed by atoms with E-state index in [4.69, 9.17) is 4.55 Å². The van der Waals surface area contributed by atoms with Crippen molar-refractivity contribution in [3.05, 3.63) is 0 Å². The van der Waals surface area contributed by atoms with Gasteiger partial charge in [-0.3, -0.25) is 4.55 Å². The minimum atomic E-state index is -3.98. The van der Waals surface area contributed by atoms with Gasteiger partial charge in [0.25, 0.3) is 0 Å². The molecule has 1 N–H and O–H groups in total. The largest absolute Gasteiger partial charge is 0.335 e. The van der Waals surface area contributed by atoms with Crippen molar-refractivity contribution in [2.45, 2.75) is 12.8 Å². The first-order valence-corrected chi connectivity index (χ1v) is 6.69. The van der Waals surface area contributed by atoms with Gasteiger partial charge in [-0.25, -0.2) is 10.0 Å². The Morgan fingerprint density at radius 3 is 1.73 bits per heavy atom. The fourth-order valence-corrected chi connectivity index (χ4v) is 2.80. The number of hydrazine groups is 1. The van der Waals surface area contributed by atoms with Gasteiger partial charge in [-0.15, -0.1) is 0 Å². The second-order valence-electron chi connectivity index (χ2n) is 3.99.